The number of nitrogens with one attached hydrogen (secondary N) is 1. The van der Waals surface area contributed by atoms with Gasteiger partial charge in [0.2, 0.25) is 5.79 Å². The van der Waals surface area contributed by atoms with E-state index in [1.54, 1.807) is 47.3 Å². The number of rotatable bonds is 9. The topological polar surface area (TPSA) is 226 Å². The van der Waals surface area contributed by atoms with Crippen LogP contribution in [0.2, 0.25) is 0 Å². The summed E-state index contributed by atoms with van der Waals surface area (Å²) in [6.45, 7) is 11.1. The minimum absolute atomic E-state index is 0.0867. The number of allylic oxidation sites excluding steroid dienone is 6. The minimum Gasteiger partial charge on any atom is -0.460 e. The second kappa shape index (κ2) is 27.0. The molecule has 0 spiro atoms. The van der Waals surface area contributed by atoms with E-state index in [-0.39, 0.29) is 61.6 Å². The van der Waals surface area contributed by atoms with Crippen LogP contribution in [0.5, 0.6) is 0 Å². The fourth-order valence-electron chi connectivity index (χ4n) is 10.4. The van der Waals surface area contributed by atoms with Crippen molar-refractivity contribution in [1.29, 1.82) is 0 Å². The lowest BCUT2D eigenvalue weighted by atomic mass is 9.78. The van der Waals surface area contributed by atoms with Crippen LogP contribution in [0.1, 0.15) is 131 Å². The van der Waals surface area contributed by atoms with Crippen molar-refractivity contribution in [3.8, 4) is 0 Å². The maximum atomic E-state index is 14.5. The van der Waals surface area contributed by atoms with E-state index < -0.39 is 77.8 Å². The van der Waals surface area contributed by atoms with Gasteiger partial charge in [-0.3, -0.25) is 19.2 Å². The molecular formula is C53H80N4O13. The summed E-state index contributed by atoms with van der Waals surface area (Å²) in [7, 11) is 4.61. The van der Waals surface area contributed by atoms with Crippen molar-refractivity contribution in [2.75, 3.05) is 27.9 Å². The number of esters is 1. The predicted octanol–water partition coefficient (Wildman–Crippen LogP) is 6.28. The molecule has 17 nitrogen and oxygen atoms in total. The van der Waals surface area contributed by atoms with Crippen LogP contribution in [0.4, 0.5) is 0 Å². The molecular weight excluding hydrogens is 901 g/mol. The van der Waals surface area contributed by atoms with Gasteiger partial charge < -0.3 is 43.5 Å². The van der Waals surface area contributed by atoms with Crippen LogP contribution in [-0.2, 0) is 59.0 Å². The molecule has 7 unspecified atom stereocenters. The smallest absolute Gasteiger partial charge is 0.329 e. The van der Waals surface area contributed by atoms with Crippen LogP contribution in [0.3, 0.4) is 0 Å². The zero-order chi connectivity index (χ0) is 51.1. The monoisotopic (exact) mass is 981 g/mol. The summed E-state index contributed by atoms with van der Waals surface area (Å²) in [6.07, 6.45) is 14.2. The molecule has 2 bridgehead atoms. The molecule has 1 aromatic rings. The molecule has 1 aromatic heterocycles. The Balaban J connectivity index is 1.43. The number of fused-ring (bicyclic) bond motifs is 3. The van der Waals surface area contributed by atoms with Gasteiger partial charge >= 0.3 is 5.97 Å². The Morgan fingerprint density at radius 1 is 0.900 bits per heavy atom. The van der Waals surface area contributed by atoms with Gasteiger partial charge in [0.1, 0.15) is 35.8 Å². The largest absolute Gasteiger partial charge is 0.460 e. The Morgan fingerprint density at radius 2 is 1.67 bits per heavy atom. The van der Waals surface area contributed by atoms with Gasteiger partial charge in [0, 0.05) is 58.5 Å². The van der Waals surface area contributed by atoms with Gasteiger partial charge in [-0.2, -0.15) is 15.4 Å². The second-order valence-corrected chi connectivity index (χ2v) is 20.2. The SMILES string of the molecule is COC1C(=O)[C@H](C)CC/C=C/C=C/C=C(\C)[C@@H](OC)CC2CCC(C)C(O)(O2)C(=O)C(=O)N2CCCC[C@H]2C(=O)O[C@H](C(C)CC2CC[C@@H](OCc3cn[nH]n3)C(OC)C2)CC(=O)[C@H](C)/C=C(\C)[C@H]1O. The lowest BCUT2D eigenvalue weighted by molar-refractivity contribution is -0.265. The number of ether oxygens (including phenoxy) is 6. The minimum atomic E-state index is -2.43. The highest BCUT2D eigenvalue weighted by molar-refractivity contribution is 6.39. The predicted molar refractivity (Wildman–Crippen MR) is 260 cm³/mol. The van der Waals surface area contributed by atoms with E-state index in [9.17, 15) is 34.2 Å². The fourth-order valence-corrected chi connectivity index (χ4v) is 10.4. The van der Waals surface area contributed by atoms with Crippen LogP contribution in [-0.4, -0.2) is 142 Å². The first kappa shape index (κ1) is 56.7. The number of carbonyl (C=O) groups is 5. The van der Waals surface area contributed by atoms with Crippen LogP contribution >= 0.6 is 0 Å². The van der Waals surface area contributed by atoms with Gasteiger partial charge in [-0.05, 0) is 107 Å². The third-order valence-electron chi connectivity index (χ3n) is 15.1. The standard InChI is InChI=1S/C53H80N4O13/c1-32-17-13-11-10-12-14-18-33(2)47(59)49(67-9)48(60)36(5)25-34(3)42(58)29-45(35(4)26-38-21-23-43(46(27-38)66-8)68-31-39-30-54-56-55-39)69-52(63)41-19-15-16-24-57(41)51(62)50(61)53(64)37(6)20-22-40(70-53)28-44(32)65-7/h10-13,17,25,30,33-35,37-38,40-41,43-46,48-49,60,64H,14-16,18-24,26-29,31H2,1-9H3,(H,54,55,56)/b12-10+,13-11+,32-17+,36-25+/t33-,34-,35?,37?,38?,40?,41+,43-,44+,45+,46?,48-,49?,53?/m1/s1. The van der Waals surface area contributed by atoms with Gasteiger partial charge in [-0.25, -0.2) is 4.79 Å². The first-order valence-corrected chi connectivity index (χ1v) is 25.4. The molecule has 70 heavy (non-hydrogen) atoms. The molecule has 4 heterocycles. The summed E-state index contributed by atoms with van der Waals surface area (Å²) in [5.74, 6) is -7.93. The summed E-state index contributed by atoms with van der Waals surface area (Å²) >= 11 is 0. The maximum absolute atomic E-state index is 14.5. The zero-order valence-corrected chi connectivity index (χ0v) is 42.9. The van der Waals surface area contributed by atoms with E-state index in [1.165, 1.54) is 12.0 Å². The normalized spacial score (nSPS) is 37.3. The van der Waals surface area contributed by atoms with E-state index >= 15 is 0 Å². The first-order valence-electron chi connectivity index (χ1n) is 25.4. The Kier molecular flexibility index (Phi) is 21.9. The molecule has 1 amide bonds. The molecule has 1 aliphatic carbocycles. The quantitative estimate of drug-likeness (QED) is 0.141. The van der Waals surface area contributed by atoms with E-state index in [0.717, 1.165) is 12.0 Å². The van der Waals surface area contributed by atoms with Crippen molar-refractivity contribution < 1.29 is 62.6 Å². The van der Waals surface area contributed by atoms with Crippen LogP contribution < -0.4 is 0 Å². The summed E-state index contributed by atoms with van der Waals surface area (Å²) < 4.78 is 36.0. The Hall–Kier alpha value is -4.23. The number of ketones is 3. The molecule has 3 N–H and O–H groups in total. The van der Waals surface area contributed by atoms with Gasteiger partial charge in [-0.15, -0.1) is 0 Å². The number of piperidine rings is 1. The summed E-state index contributed by atoms with van der Waals surface area (Å²) in [5, 5.41) is 34.0. The number of aromatic nitrogens is 3. The average molecular weight is 981 g/mol. The number of Topliss-reactive ketones (excluding diaryl/α,β-unsaturated/α-hetero) is 3. The Morgan fingerprint density at radius 3 is 2.37 bits per heavy atom. The number of carbonyl (C=O) groups excluding carboxylic acids is 5. The molecule has 3 aliphatic heterocycles. The number of methoxy groups -OCH3 is 3. The molecule has 3 fully saturated rings. The van der Waals surface area contributed by atoms with Crippen molar-refractivity contribution in [2.45, 2.75) is 186 Å². The maximum Gasteiger partial charge on any atom is 0.329 e. The number of amides is 1. The molecule has 2 saturated heterocycles. The highest BCUT2D eigenvalue weighted by atomic mass is 16.6. The molecule has 390 valence electrons. The fraction of sp³-hybridized carbons (Fsp3) is 0.717. The molecule has 0 radical (unpaired) electrons. The Bertz CT molecular complexity index is 2020. The lowest BCUT2D eigenvalue weighted by Gasteiger charge is -2.42. The first-order chi connectivity index (χ1) is 33.4. The van der Waals surface area contributed by atoms with Crippen molar-refractivity contribution in [3.63, 3.8) is 0 Å². The summed E-state index contributed by atoms with van der Waals surface area (Å²) in [6, 6.07) is -1.14. The number of aromatic amines is 1. The number of hydrogen-bond donors (Lipinski definition) is 3. The van der Waals surface area contributed by atoms with Crippen molar-refractivity contribution in [3.05, 3.63) is 59.5 Å². The van der Waals surface area contributed by atoms with E-state index in [2.05, 4.69) is 15.4 Å². The molecule has 14 atom stereocenters. The van der Waals surface area contributed by atoms with Gasteiger partial charge in [0.25, 0.3) is 11.7 Å². The summed E-state index contributed by atoms with van der Waals surface area (Å²) in [4.78, 5) is 72.2. The average Bonchev–Trinajstić information content (AvgIpc) is 3.88. The molecule has 4 aliphatic rings. The van der Waals surface area contributed by atoms with Crippen molar-refractivity contribution in [1.82, 2.24) is 20.3 Å². The van der Waals surface area contributed by atoms with Gasteiger partial charge in [0.05, 0.1) is 37.2 Å². The third-order valence-corrected chi connectivity index (χ3v) is 15.1. The van der Waals surface area contributed by atoms with Crippen LogP contribution in [0, 0.1) is 29.6 Å². The summed E-state index contributed by atoms with van der Waals surface area (Å²) in [5.41, 5.74) is 1.95. The molecule has 17 heteroatoms. The van der Waals surface area contributed by atoms with E-state index in [0.29, 0.717) is 75.5 Å². The second-order valence-electron chi connectivity index (χ2n) is 20.2. The number of aliphatic hydroxyl groups is 2. The number of hydrogen-bond acceptors (Lipinski definition) is 15. The lowest BCUT2D eigenvalue weighted by Crippen LogP contribution is -2.61. The number of aliphatic hydroxyl groups excluding tert-OH is 1. The van der Waals surface area contributed by atoms with Gasteiger partial charge in [0.15, 0.2) is 5.78 Å². The Labute approximate surface area is 414 Å². The number of nitrogens with zero attached hydrogens (tertiary/aromatic N) is 3. The van der Waals surface area contributed by atoms with Gasteiger partial charge in [-0.1, -0.05) is 64.2 Å². The van der Waals surface area contributed by atoms with Crippen LogP contribution in [0.15, 0.2) is 53.8 Å². The highest BCUT2D eigenvalue weighted by Gasteiger charge is 2.53. The third kappa shape index (κ3) is 14.9. The van der Waals surface area contributed by atoms with E-state index in [1.807, 2.05) is 51.2 Å². The van der Waals surface area contributed by atoms with E-state index in [4.69, 9.17) is 28.4 Å². The molecule has 1 saturated carbocycles. The molecule has 0 aromatic carbocycles. The highest BCUT2D eigenvalue weighted by Crippen LogP contribution is 2.38. The molecule has 5 rings (SSSR count). The van der Waals surface area contributed by atoms with Crippen LogP contribution in [0.25, 0.3) is 0 Å². The van der Waals surface area contributed by atoms with Crippen molar-refractivity contribution in [2.24, 2.45) is 29.6 Å². The van der Waals surface area contributed by atoms with Crippen molar-refractivity contribution >= 4 is 29.2 Å². The number of cyclic esters (lactones) is 1. The zero-order valence-electron chi connectivity index (χ0n) is 42.9. The number of H-pyrrole nitrogens is 1.